The molecule has 0 aliphatic carbocycles. The third-order valence-corrected chi connectivity index (χ3v) is 5.77. The maximum atomic E-state index is 4.47. The third kappa shape index (κ3) is 4.28. The van der Waals surface area contributed by atoms with Gasteiger partial charge in [0.2, 0.25) is 0 Å². The van der Waals surface area contributed by atoms with Crippen LogP contribution in [0.2, 0.25) is 0 Å². The first kappa shape index (κ1) is 16.8. The lowest BCUT2D eigenvalue weighted by atomic mass is 9.79. The van der Waals surface area contributed by atoms with E-state index in [4.69, 9.17) is 0 Å². The number of likely N-dealkylation sites (tertiary alicyclic amines) is 1. The van der Waals surface area contributed by atoms with Crippen molar-refractivity contribution in [3.63, 3.8) is 0 Å². The van der Waals surface area contributed by atoms with E-state index in [2.05, 4.69) is 45.6 Å². The average molecular weight is 317 g/mol. The van der Waals surface area contributed by atoms with Gasteiger partial charge in [-0.2, -0.15) is 0 Å². The lowest BCUT2D eigenvalue weighted by molar-refractivity contribution is 0.0409. The number of hydrogen-bond donors (Lipinski definition) is 0. The summed E-state index contributed by atoms with van der Waals surface area (Å²) in [5.74, 6) is 0. The predicted molar refractivity (Wildman–Crippen MR) is 93.3 cm³/mol. The zero-order valence-electron chi connectivity index (χ0n) is 14.9. The normalized spacial score (nSPS) is 25.3. The summed E-state index contributed by atoms with van der Waals surface area (Å²) >= 11 is 0. The predicted octanol–water partition coefficient (Wildman–Crippen LogP) is 1.89. The van der Waals surface area contributed by atoms with Gasteiger partial charge in [-0.05, 0) is 45.3 Å². The van der Waals surface area contributed by atoms with Crippen LogP contribution in [-0.4, -0.2) is 77.5 Å². The van der Waals surface area contributed by atoms with Crippen LogP contribution in [0.4, 0.5) is 0 Å². The molecule has 5 heteroatoms. The number of rotatable bonds is 4. The fraction of sp³-hybridized carbons (Fsp3) is 0.778. The van der Waals surface area contributed by atoms with Gasteiger partial charge in [0, 0.05) is 51.3 Å². The molecule has 3 rings (SSSR count). The van der Waals surface area contributed by atoms with Gasteiger partial charge in [0.15, 0.2) is 0 Å². The molecule has 0 bridgehead atoms. The van der Waals surface area contributed by atoms with Crippen LogP contribution in [0.15, 0.2) is 18.6 Å². The Balaban J connectivity index is 1.51. The first-order valence-corrected chi connectivity index (χ1v) is 8.97. The summed E-state index contributed by atoms with van der Waals surface area (Å²) in [6.07, 6.45) is 8.02. The van der Waals surface area contributed by atoms with Gasteiger partial charge < -0.3 is 9.80 Å². The maximum absolute atomic E-state index is 4.47. The third-order valence-electron chi connectivity index (χ3n) is 5.77. The summed E-state index contributed by atoms with van der Waals surface area (Å²) in [5, 5.41) is 0. The van der Waals surface area contributed by atoms with Crippen molar-refractivity contribution >= 4 is 0 Å². The van der Waals surface area contributed by atoms with Crippen molar-refractivity contribution in [3.05, 3.63) is 24.3 Å². The molecule has 0 spiro atoms. The zero-order chi connectivity index (χ0) is 16.3. The Hall–Kier alpha value is -1.04. The van der Waals surface area contributed by atoms with Crippen molar-refractivity contribution in [2.45, 2.75) is 32.7 Å². The fourth-order valence-corrected chi connectivity index (χ4v) is 3.87. The molecule has 1 atom stereocenters. The molecule has 5 nitrogen and oxygen atoms in total. The second-order valence-corrected chi connectivity index (χ2v) is 7.73. The molecule has 0 saturated carbocycles. The van der Waals surface area contributed by atoms with E-state index in [9.17, 15) is 0 Å². The topological polar surface area (TPSA) is 35.5 Å². The average Bonchev–Trinajstić information content (AvgIpc) is 2.58. The van der Waals surface area contributed by atoms with Crippen molar-refractivity contribution in [2.24, 2.45) is 5.41 Å². The molecule has 1 unspecified atom stereocenters. The van der Waals surface area contributed by atoms with Crippen molar-refractivity contribution < 1.29 is 0 Å². The minimum absolute atomic E-state index is 0.372. The second kappa shape index (κ2) is 7.24. The van der Waals surface area contributed by atoms with E-state index in [0.717, 1.165) is 5.69 Å². The minimum atomic E-state index is 0.372. The summed E-state index contributed by atoms with van der Waals surface area (Å²) in [6, 6.07) is 0.372. The highest BCUT2D eigenvalue weighted by molar-refractivity contribution is 5.02. The summed E-state index contributed by atoms with van der Waals surface area (Å²) in [5.41, 5.74) is 1.56. The zero-order valence-corrected chi connectivity index (χ0v) is 14.9. The van der Waals surface area contributed by atoms with E-state index in [1.165, 1.54) is 58.7 Å². The molecular formula is C18H31N5. The summed E-state index contributed by atoms with van der Waals surface area (Å²) < 4.78 is 0. The number of piperidine rings is 1. The van der Waals surface area contributed by atoms with Crippen LogP contribution >= 0.6 is 0 Å². The van der Waals surface area contributed by atoms with Gasteiger partial charge in [0.05, 0.1) is 11.7 Å². The lowest BCUT2D eigenvalue weighted by Crippen LogP contribution is -2.50. The van der Waals surface area contributed by atoms with Crippen LogP contribution in [0.3, 0.4) is 0 Å². The van der Waals surface area contributed by atoms with Crippen LogP contribution < -0.4 is 0 Å². The molecule has 128 valence electrons. The standard InChI is InChI=1S/C18H31N5/c1-16(17-14-19-6-7-20-17)23-8-4-18(2,5-9-23)15-22-12-10-21(3)11-13-22/h6-7,14,16H,4-5,8-13,15H2,1-3H3. The van der Waals surface area contributed by atoms with Gasteiger partial charge in [-0.15, -0.1) is 0 Å². The SMILES string of the molecule is CC(c1cnccn1)N1CCC(C)(CN2CCN(C)CC2)CC1. The Morgan fingerprint density at radius 2 is 1.78 bits per heavy atom. The summed E-state index contributed by atoms with van der Waals surface area (Å²) in [4.78, 5) is 16.4. The van der Waals surface area contributed by atoms with E-state index in [-0.39, 0.29) is 0 Å². The lowest BCUT2D eigenvalue weighted by Gasteiger charge is -2.45. The van der Waals surface area contributed by atoms with Crippen LogP contribution in [0.1, 0.15) is 38.4 Å². The molecule has 0 aromatic carbocycles. The largest absolute Gasteiger partial charge is 0.304 e. The molecule has 2 aliphatic rings. The highest BCUT2D eigenvalue weighted by atomic mass is 15.3. The van der Waals surface area contributed by atoms with Crippen molar-refractivity contribution in [1.29, 1.82) is 0 Å². The quantitative estimate of drug-likeness (QED) is 0.847. The highest BCUT2D eigenvalue weighted by Gasteiger charge is 2.34. The van der Waals surface area contributed by atoms with Gasteiger partial charge in [-0.1, -0.05) is 6.92 Å². The monoisotopic (exact) mass is 317 g/mol. The van der Waals surface area contributed by atoms with Gasteiger partial charge in [-0.25, -0.2) is 0 Å². The van der Waals surface area contributed by atoms with E-state index in [0.29, 0.717) is 11.5 Å². The van der Waals surface area contributed by atoms with E-state index >= 15 is 0 Å². The first-order chi connectivity index (χ1) is 11.1. The van der Waals surface area contributed by atoms with Gasteiger partial charge in [0.1, 0.15) is 0 Å². The fourth-order valence-electron chi connectivity index (χ4n) is 3.87. The van der Waals surface area contributed by atoms with Crippen molar-refractivity contribution in [3.8, 4) is 0 Å². The van der Waals surface area contributed by atoms with Gasteiger partial charge in [0.25, 0.3) is 0 Å². The Morgan fingerprint density at radius 1 is 1.09 bits per heavy atom. The summed E-state index contributed by atoms with van der Waals surface area (Å²) in [7, 11) is 2.23. The highest BCUT2D eigenvalue weighted by Crippen LogP contribution is 2.35. The molecule has 0 radical (unpaired) electrons. The Kier molecular flexibility index (Phi) is 5.29. The molecule has 2 aliphatic heterocycles. The smallest absolute Gasteiger partial charge is 0.0755 e. The van der Waals surface area contributed by atoms with Crippen LogP contribution in [0.5, 0.6) is 0 Å². The van der Waals surface area contributed by atoms with Crippen LogP contribution in [0, 0.1) is 5.41 Å². The maximum Gasteiger partial charge on any atom is 0.0755 e. The van der Waals surface area contributed by atoms with Gasteiger partial charge >= 0.3 is 0 Å². The minimum Gasteiger partial charge on any atom is -0.304 e. The van der Waals surface area contributed by atoms with E-state index < -0.39 is 0 Å². The second-order valence-electron chi connectivity index (χ2n) is 7.73. The molecule has 2 fully saturated rings. The van der Waals surface area contributed by atoms with E-state index in [1.54, 1.807) is 12.4 Å². The van der Waals surface area contributed by atoms with Crippen molar-refractivity contribution in [2.75, 3.05) is 52.9 Å². The van der Waals surface area contributed by atoms with Crippen LogP contribution in [-0.2, 0) is 0 Å². The molecule has 3 heterocycles. The first-order valence-electron chi connectivity index (χ1n) is 8.97. The molecule has 1 aromatic heterocycles. The number of aromatic nitrogens is 2. The molecule has 2 saturated heterocycles. The number of hydrogen-bond acceptors (Lipinski definition) is 5. The molecular weight excluding hydrogens is 286 g/mol. The van der Waals surface area contributed by atoms with E-state index in [1.807, 2.05) is 6.20 Å². The number of piperazine rings is 1. The molecule has 1 aromatic rings. The molecule has 0 N–H and O–H groups in total. The summed E-state index contributed by atoms with van der Waals surface area (Å²) in [6.45, 7) is 13.2. The van der Waals surface area contributed by atoms with Crippen LogP contribution in [0.25, 0.3) is 0 Å². The van der Waals surface area contributed by atoms with Gasteiger partial charge in [-0.3, -0.25) is 14.9 Å². The van der Waals surface area contributed by atoms with Crippen molar-refractivity contribution in [1.82, 2.24) is 24.7 Å². The number of likely N-dealkylation sites (N-methyl/N-ethyl adjacent to an activating group) is 1. The molecule has 0 amide bonds. The number of nitrogens with zero attached hydrogens (tertiary/aromatic N) is 5. The Morgan fingerprint density at radius 3 is 2.39 bits per heavy atom. The molecule has 23 heavy (non-hydrogen) atoms. The Labute approximate surface area is 140 Å². The Bertz CT molecular complexity index is 475.